The van der Waals surface area contributed by atoms with E-state index in [-0.39, 0.29) is 12.7 Å². The van der Waals surface area contributed by atoms with Gasteiger partial charge in [-0.25, -0.2) is 4.98 Å². The van der Waals surface area contributed by atoms with Crippen LogP contribution in [0.25, 0.3) is 0 Å². The number of carbonyl (C=O) groups excluding carboxylic acids is 1. The third-order valence-electron chi connectivity index (χ3n) is 2.60. The van der Waals surface area contributed by atoms with Gasteiger partial charge in [0.25, 0.3) is 5.91 Å². The van der Waals surface area contributed by atoms with Crippen LogP contribution >= 0.6 is 11.6 Å². The zero-order valence-electron chi connectivity index (χ0n) is 9.72. The van der Waals surface area contributed by atoms with Gasteiger partial charge in [0.2, 0.25) is 6.79 Å². The molecule has 5 nitrogen and oxygen atoms in total. The average Bonchev–Trinajstić information content (AvgIpc) is 2.85. The Bertz CT molecular complexity index is 646. The third-order valence-corrected chi connectivity index (χ3v) is 2.83. The Kier molecular flexibility index (Phi) is 2.97. The summed E-state index contributed by atoms with van der Waals surface area (Å²) >= 11 is 5.82. The molecule has 6 heteroatoms. The molecule has 0 bridgehead atoms. The number of ether oxygens (including phenoxy) is 2. The van der Waals surface area contributed by atoms with E-state index in [9.17, 15) is 4.79 Å². The normalized spacial score (nSPS) is 12.3. The molecule has 96 valence electrons. The molecule has 1 aliphatic rings. The summed E-state index contributed by atoms with van der Waals surface area (Å²) in [5.74, 6) is 1.31. The number of hydrogen-bond donors (Lipinski definition) is 1. The van der Waals surface area contributed by atoms with E-state index < -0.39 is 0 Å². The summed E-state index contributed by atoms with van der Waals surface area (Å²) in [6.07, 6.45) is 1.53. The Morgan fingerprint density at radius 3 is 2.89 bits per heavy atom. The van der Waals surface area contributed by atoms with Crippen LogP contribution in [0, 0.1) is 0 Å². The van der Waals surface area contributed by atoms with Gasteiger partial charge in [-0.3, -0.25) is 4.79 Å². The number of nitrogens with zero attached hydrogens (tertiary/aromatic N) is 1. The Balaban J connectivity index is 1.81. The number of aromatic nitrogens is 1. The SMILES string of the molecule is O=C(Nc1cc(Cl)ccn1)c1ccc2c(c1)OCO2. The number of amides is 1. The van der Waals surface area contributed by atoms with Crippen molar-refractivity contribution in [1.29, 1.82) is 0 Å². The predicted octanol–water partition coefficient (Wildman–Crippen LogP) is 2.72. The van der Waals surface area contributed by atoms with Crippen molar-refractivity contribution in [3.05, 3.63) is 47.1 Å². The minimum Gasteiger partial charge on any atom is -0.454 e. The molecule has 2 heterocycles. The van der Waals surface area contributed by atoms with Crippen molar-refractivity contribution >= 4 is 23.3 Å². The monoisotopic (exact) mass is 276 g/mol. The molecule has 1 aromatic carbocycles. The Labute approximate surface area is 114 Å². The lowest BCUT2D eigenvalue weighted by atomic mass is 10.2. The maximum atomic E-state index is 12.0. The van der Waals surface area contributed by atoms with Gasteiger partial charge in [0.1, 0.15) is 5.82 Å². The average molecular weight is 277 g/mol. The summed E-state index contributed by atoms with van der Waals surface area (Å²) in [7, 11) is 0. The van der Waals surface area contributed by atoms with E-state index in [0.29, 0.717) is 27.9 Å². The molecule has 0 radical (unpaired) electrons. The van der Waals surface area contributed by atoms with Gasteiger partial charge in [-0.15, -0.1) is 0 Å². The second-order valence-corrected chi connectivity index (χ2v) is 4.32. The number of benzene rings is 1. The minimum atomic E-state index is -0.284. The highest BCUT2D eigenvalue weighted by Gasteiger charge is 2.16. The molecule has 0 aliphatic carbocycles. The molecule has 1 N–H and O–H groups in total. The van der Waals surface area contributed by atoms with Crippen LogP contribution in [-0.2, 0) is 0 Å². The summed E-state index contributed by atoms with van der Waals surface area (Å²) < 4.78 is 10.4. The molecule has 19 heavy (non-hydrogen) atoms. The first-order valence-electron chi connectivity index (χ1n) is 5.55. The van der Waals surface area contributed by atoms with E-state index in [1.54, 1.807) is 30.3 Å². The maximum absolute atomic E-state index is 12.0. The second kappa shape index (κ2) is 4.78. The molecule has 0 atom stereocenters. The number of pyridine rings is 1. The first kappa shape index (κ1) is 11.8. The van der Waals surface area contributed by atoms with Crippen LogP contribution in [0.1, 0.15) is 10.4 Å². The van der Waals surface area contributed by atoms with Crippen molar-refractivity contribution in [2.45, 2.75) is 0 Å². The van der Waals surface area contributed by atoms with Gasteiger partial charge < -0.3 is 14.8 Å². The Morgan fingerprint density at radius 2 is 2.05 bits per heavy atom. The molecular formula is C13H9ClN2O3. The van der Waals surface area contributed by atoms with Gasteiger partial charge >= 0.3 is 0 Å². The summed E-state index contributed by atoms with van der Waals surface area (Å²) in [4.78, 5) is 16.0. The zero-order valence-corrected chi connectivity index (χ0v) is 10.5. The number of hydrogen-bond acceptors (Lipinski definition) is 4. The molecule has 0 fully saturated rings. The van der Waals surface area contributed by atoms with E-state index in [2.05, 4.69) is 10.3 Å². The Morgan fingerprint density at radius 1 is 1.21 bits per heavy atom. The summed E-state index contributed by atoms with van der Waals surface area (Å²) in [5.41, 5.74) is 0.464. The van der Waals surface area contributed by atoms with E-state index in [4.69, 9.17) is 21.1 Å². The smallest absolute Gasteiger partial charge is 0.256 e. The second-order valence-electron chi connectivity index (χ2n) is 3.88. The van der Waals surface area contributed by atoms with Crippen molar-refractivity contribution in [2.75, 3.05) is 12.1 Å². The van der Waals surface area contributed by atoms with Gasteiger partial charge in [0.05, 0.1) is 0 Å². The molecule has 0 saturated heterocycles. The van der Waals surface area contributed by atoms with Gasteiger partial charge in [0.15, 0.2) is 11.5 Å². The highest BCUT2D eigenvalue weighted by Crippen LogP contribution is 2.32. The van der Waals surface area contributed by atoms with Gasteiger partial charge in [-0.2, -0.15) is 0 Å². The fourth-order valence-corrected chi connectivity index (χ4v) is 1.86. The highest BCUT2D eigenvalue weighted by atomic mass is 35.5. The van der Waals surface area contributed by atoms with Crippen molar-refractivity contribution in [2.24, 2.45) is 0 Å². The molecular weight excluding hydrogens is 268 g/mol. The van der Waals surface area contributed by atoms with E-state index >= 15 is 0 Å². The number of fused-ring (bicyclic) bond motifs is 1. The minimum absolute atomic E-state index is 0.177. The number of halogens is 1. The standard InChI is InChI=1S/C13H9ClN2O3/c14-9-3-4-15-12(6-9)16-13(17)8-1-2-10-11(5-8)19-7-18-10/h1-6H,7H2,(H,15,16,17). The van der Waals surface area contributed by atoms with Crippen LogP contribution in [0.4, 0.5) is 5.82 Å². The van der Waals surface area contributed by atoms with Crippen LogP contribution in [0.5, 0.6) is 11.5 Å². The number of carbonyl (C=O) groups is 1. The number of anilines is 1. The fraction of sp³-hybridized carbons (Fsp3) is 0.0769. The predicted molar refractivity (Wildman–Crippen MR) is 69.8 cm³/mol. The van der Waals surface area contributed by atoms with Crippen molar-refractivity contribution < 1.29 is 14.3 Å². The first-order chi connectivity index (χ1) is 9.22. The molecule has 2 aromatic rings. The van der Waals surface area contributed by atoms with Crippen LogP contribution in [0.2, 0.25) is 5.02 Å². The summed E-state index contributed by atoms with van der Waals surface area (Å²) in [6, 6.07) is 8.20. The lowest BCUT2D eigenvalue weighted by Gasteiger charge is -2.05. The van der Waals surface area contributed by atoms with Gasteiger partial charge in [-0.1, -0.05) is 11.6 Å². The highest BCUT2D eigenvalue weighted by molar-refractivity contribution is 6.30. The lowest BCUT2D eigenvalue weighted by molar-refractivity contribution is 0.102. The van der Waals surface area contributed by atoms with Crippen LogP contribution < -0.4 is 14.8 Å². The number of nitrogens with one attached hydrogen (secondary N) is 1. The van der Waals surface area contributed by atoms with E-state index in [1.165, 1.54) is 6.20 Å². The molecule has 3 rings (SSSR count). The Hall–Kier alpha value is -2.27. The molecule has 0 unspecified atom stereocenters. The van der Waals surface area contributed by atoms with E-state index in [1.807, 2.05) is 0 Å². The van der Waals surface area contributed by atoms with Crippen LogP contribution in [0.15, 0.2) is 36.5 Å². The summed E-state index contributed by atoms with van der Waals surface area (Å²) in [5, 5.41) is 3.17. The lowest BCUT2D eigenvalue weighted by Crippen LogP contribution is -2.12. The first-order valence-corrected chi connectivity index (χ1v) is 5.93. The maximum Gasteiger partial charge on any atom is 0.256 e. The molecule has 0 spiro atoms. The van der Waals surface area contributed by atoms with Crippen molar-refractivity contribution in [3.8, 4) is 11.5 Å². The molecule has 1 amide bonds. The fourth-order valence-electron chi connectivity index (χ4n) is 1.70. The van der Waals surface area contributed by atoms with Crippen LogP contribution in [0.3, 0.4) is 0 Å². The molecule has 0 saturated carbocycles. The largest absolute Gasteiger partial charge is 0.454 e. The van der Waals surface area contributed by atoms with Gasteiger partial charge in [-0.05, 0) is 30.3 Å². The molecule has 1 aromatic heterocycles. The van der Waals surface area contributed by atoms with Crippen molar-refractivity contribution in [3.63, 3.8) is 0 Å². The zero-order chi connectivity index (χ0) is 13.2. The van der Waals surface area contributed by atoms with Crippen molar-refractivity contribution in [1.82, 2.24) is 4.98 Å². The number of rotatable bonds is 2. The molecule has 1 aliphatic heterocycles. The van der Waals surface area contributed by atoms with Gasteiger partial charge in [0, 0.05) is 16.8 Å². The van der Waals surface area contributed by atoms with Crippen LogP contribution in [-0.4, -0.2) is 17.7 Å². The summed E-state index contributed by atoms with van der Waals surface area (Å²) in [6.45, 7) is 0.177. The third kappa shape index (κ3) is 2.46. The quantitative estimate of drug-likeness (QED) is 0.916. The van der Waals surface area contributed by atoms with E-state index in [0.717, 1.165) is 0 Å². The topological polar surface area (TPSA) is 60.5 Å².